The van der Waals surface area contributed by atoms with Crippen LogP contribution in [0.5, 0.6) is 0 Å². The van der Waals surface area contributed by atoms with E-state index in [2.05, 4.69) is 5.32 Å². The van der Waals surface area contributed by atoms with E-state index in [0.717, 1.165) is 6.42 Å². The molecule has 1 N–H and O–H groups in total. The standard InChI is InChI=1S/C15H19Cl2NO3/c1-9(2)4-7-14(19)21-10(3)15(20)18-13-8-11(16)5-6-12(13)17/h5-6,8-10H,4,7H2,1-3H3,(H,18,20)/t10-/m0/s1. The van der Waals surface area contributed by atoms with Crippen molar-refractivity contribution in [3.63, 3.8) is 0 Å². The molecule has 0 saturated carbocycles. The zero-order valence-corrected chi connectivity index (χ0v) is 13.8. The van der Waals surface area contributed by atoms with Crippen molar-refractivity contribution in [2.24, 2.45) is 5.92 Å². The van der Waals surface area contributed by atoms with E-state index < -0.39 is 12.0 Å². The fraction of sp³-hybridized carbons (Fsp3) is 0.467. The average molecular weight is 332 g/mol. The van der Waals surface area contributed by atoms with Crippen LogP contribution >= 0.6 is 23.2 Å². The highest BCUT2D eigenvalue weighted by molar-refractivity contribution is 6.35. The number of hydrogen-bond donors (Lipinski definition) is 1. The molecule has 0 aromatic heterocycles. The summed E-state index contributed by atoms with van der Waals surface area (Å²) in [5, 5.41) is 3.41. The van der Waals surface area contributed by atoms with Crippen molar-refractivity contribution in [1.82, 2.24) is 0 Å². The van der Waals surface area contributed by atoms with Crippen LogP contribution in [0.4, 0.5) is 5.69 Å². The molecule has 0 bridgehead atoms. The fourth-order valence-corrected chi connectivity index (χ4v) is 1.88. The van der Waals surface area contributed by atoms with Crippen molar-refractivity contribution >= 4 is 40.8 Å². The van der Waals surface area contributed by atoms with Crippen molar-refractivity contribution in [3.05, 3.63) is 28.2 Å². The van der Waals surface area contributed by atoms with Crippen molar-refractivity contribution in [3.8, 4) is 0 Å². The van der Waals surface area contributed by atoms with Gasteiger partial charge in [0.15, 0.2) is 6.10 Å². The zero-order valence-electron chi connectivity index (χ0n) is 12.3. The lowest BCUT2D eigenvalue weighted by Crippen LogP contribution is -2.30. The predicted octanol–water partition coefficient (Wildman–Crippen LogP) is 4.30. The van der Waals surface area contributed by atoms with Crippen LogP contribution in [0.1, 0.15) is 33.6 Å². The Morgan fingerprint density at radius 3 is 2.52 bits per heavy atom. The first-order chi connectivity index (χ1) is 9.79. The number of hydrogen-bond acceptors (Lipinski definition) is 3. The lowest BCUT2D eigenvalue weighted by atomic mass is 10.1. The van der Waals surface area contributed by atoms with Gasteiger partial charge >= 0.3 is 5.97 Å². The fourth-order valence-electron chi connectivity index (χ4n) is 1.54. The van der Waals surface area contributed by atoms with Gasteiger partial charge in [-0.15, -0.1) is 0 Å². The molecule has 1 amide bonds. The van der Waals surface area contributed by atoms with E-state index in [1.54, 1.807) is 12.1 Å². The molecule has 4 nitrogen and oxygen atoms in total. The van der Waals surface area contributed by atoms with E-state index in [1.807, 2.05) is 13.8 Å². The van der Waals surface area contributed by atoms with Gasteiger partial charge in [0.05, 0.1) is 10.7 Å². The average Bonchev–Trinajstić information content (AvgIpc) is 2.40. The topological polar surface area (TPSA) is 55.4 Å². The van der Waals surface area contributed by atoms with Crippen molar-refractivity contribution in [2.75, 3.05) is 5.32 Å². The lowest BCUT2D eigenvalue weighted by Gasteiger charge is -2.14. The number of ether oxygens (including phenoxy) is 1. The minimum Gasteiger partial charge on any atom is -0.453 e. The molecule has 21 heavy (non-hydrogen) atoms. The first-order valence-corrected chi connectivity index (χ1v) is 7.50. The van der Waals surface area contributed by atoms with Crippen LogP contribution in [0.25, 0.3) is 0 Å². The minimum absolute atomic E-state index is 0.299. The summed E-state index contributed by atoms with van der Waals surface area (Å²) in [4.78, 5) is 23.5. The smallest absolute Gasteiger partial charge is 0.306 e. The normalized spacial score (nSPS) is 12.1. The Balaban J connectivity index is 2.54. The molecule has 116 valence electrons. The Labute approximate surface area is 134 Å². The van der Waals surface area contributed by atoms with Crippen LogP contribution in [-0.2, 0) is 14.3 Å². The number of esters is 1. The first-order valence-electron chi connectivity index (χ1n) is 6.75. The summed E-state index contributed by atoms with van der Waals surface area (Å²) in [6.45, 7) is 5.55. The molecule has 0 aliphatic heterocycles. The van der Waals surface area contributed by atoms with Gasteiger partial charge in [0.1, 0.15) is 0 Å². The number of rotatable bonds is 6. The van der Waals surface area contributed by atoms with Crippen molar-refractivity contribution in [2.45, 2.75) is 39.7 Å². The Hall–Kier alpha value is -1.26. The maximum Gasteiger partial charge on any atom is 0.306 e. The maximum absolute atomic E-state index is 12.0. The van der Waals surface area contributed by atoms with Gasteiger partial charge in [-0.1, -0.05) is 37.0 Å². The summed E-state index contributed by atoms with van der Waals surface area (Å²) in [5.41, 5.74) is 0.388. The van der Waals surface area contributed by atoms with Gasteiger partial charge in [-0.2, -0.15) is 0 Å². The molecule has 0 saturated heterocycles. The molecule has 0 radical (unpaired) electrons. The van der Waals surface area contributed by atoms with Gasteiger partial charge in [-0.25, -0.2) is 0 Å². The van der Waals surface area contributed by atoms with Gasteiger partial charge < -0.3 is 10.1 Å². The number of carbonyl (C=O) groups is 2. The van der Waals surface area contributed by atoms with Crippen LogP contribution in [0.2, 0.25) is 10.0 Å². The maximum atomic E-state index is 12.0. The number of anilines is 1. The Bertz CT molecular complexity index is 518. The molecule has 0 fully saturated rings. The van der Waals surface area contributed by atoms with Crippen LogP contribution < -0.4 is 5.32 Å². The summed E-state index contributed by atoms with van der Waals surface area (Å²) in [7, 11) is 0. The molecule has 0 spiro atoms. The highest BCUT2D eigenvalue weighted by atomic mass is 35.5. The molecule has 1 atom stereocenters. The van der Waals surface area contributed by atoms with E-state index in [1.165, 1.54) is 13.0 Å². The number of benzene rings is 1. The summed E-state index contributed by atoms with van der Waals surface area (Å²) in [6, 6.07) is 4.74. The molecule has 0 heterocycles. The third-order valence-electron chi connectivity index (χ3n) is 2.79. The number of amides is 1. The quantitative estimate of drug-likeness (QED) is 0.790. The number of nitrogens with one attached hydrogen (secondary N) is 1. The highest BCUT2D eigenvalue weighted by Crippen LogP contribution is 2.25. The van der Waals surface area contributed by atoms with E-state index in [9.17, 15) is 9.59 Å². The molecule has 1 rings (SSSR count). The first kappa shape index (κ1) is 17.8. The van der Waals surface area contributed by atoms with Crippen molar-refractivity contribution < 1.29 is 14.3 Å². The Morgan fingerprint density at radius 2 is 1.90 bits per heavy atom. The largest absolute Gasteiger partial charge is 0.453 e. The molecule has 1 aromatic carbocycles. The second kappa shape index (κ2) is 8.25. The van der Waals surface area contributed by atoms with Gasteiger partial charge in [0.2, 0.25) is 0 Å². The second-order valence-corrected chi connectivity index (χ2v) is 6.02. The van der Waals surface area contributed by atoms with Crippen LogP contribution in [0.15, 0.2) is 18.2 Å². The molecular weight excluding hydrogens is 313 g/mol. The van der Waals surface area contributed by atoms with E-state index >= 15 is 0 Å². The number of halogens is 2. The molecule has 6 heteroatoms. The van der Waals surface area contributed by atoms with Gasteiger partial charge in [0, 0.05) is 11.4 Å². The lowest BCUT2D eigenvalue weighted by molar-refractivity contribution is -0.153. The highest BCUT2D eigenvalue weighted by Gasteiger charge is 2.19. The predicted molar refractivity (Wildman–Crippen MR) is 84.7 cm³/mol. The third-order valence-corrected chi connectivity index (χ3v) is 3.35. The molecule has 0 aliphatic rings. The van der Waals surface area contributed by atoms with Gasteiger partial charge in [0.25, 0.3) is 5.91 Å². The number of carbonyl (C=O) groups excluding carboxylic acids is 2. The molecular formula is C15H19Cl2NO3. The van der Waals surface area contributed by atoms with E-state index in [0.29, 0.717) is 28.1 Å². The van der Waals surface area contributed by atoms with E-state index in [4.69, 9.17) is 27.9 Å². The van der Waals surface area contributed by atoms with Crippen LogP contribution in [0.3, 0.4) is 0 Å². The summed E-state index contributed by atoms with van der Waals surface area (Å²) >= 11 is 11.8. The SMILES string of the molecule is CC(C)CCC(=O)O[C@@H](C)C(=O)Nc1cc(Cl)ccc1Cl. The summed E-state index contributed by atoms with van der Waals surface area (Å²) < 4.78 is 5.08. The van der Waals surface area contributed by atoms with Crippen LogP contribution in [-0.4, -0.2) is 18.0 Å². The van der Waals surface area contributed by atoms with E-state index in [-0.39, 0.29) is 5.97 Å². The minimum atomic E-state index is -0.889. The summed E-state index contributed by atoms with van der Waals surface area (Å²) in [6.07, 6.45) is 0.139. The molecule has 0 unspecified atom stereocenters. The second-order valence-electron chi connectivity index (χ2n) is 5.18. The molecule has 0 aliphatic carbocycles. The third kappa shape index (κ3) is 6.36. The monoisotopic (exact) mass is 331 g/mol. The summed E-state index contributed by atoms with van der Waals surface area (Å²) in [5.74, 6) is -0.424. The van der Waals surface area contributed by atoms with Crippen molar-refractivity contribution in [1.29, 1.82) is 0 Å². The Kier molecular flexibility index (Phi) is 6.99. The Morgan fingerprint density at radius 1 is 1.24 bits per heavy atom. The zero-order chi connectivity index (χ0) is 16.0. The van der Waals surface area contributed by atoms with Gasteiger partial charge in [-0.05, 0) is 37.5 Å². The molecule has 1 aromatic rings. The van der Waals surface area contributed by atoms with Gasteiger partial charge in [-0.3, -0.25) is 9.59 Å². The van der Waals surface area contributed by atoms with Crippen LogP contribution in [0, 0.1) is 5.92 Å².